The lowest BCUT2D eigenvalue weighted by Crippen LogP contribution is -2.56. The summed E-state index contributed by atoms with van der Waals surface area (Å²) in [5, 5.41) is 25.7. The smallest absolute Gasteiger partial charge is 0.325 e. The van der Waals surface area contributed by atoms with E-state index in [9.17, 15) is 24.3 Å². The summed E-state index contributed by atoms with van der Waals surface area (Å²) in [5.74, 6) is -2.75. The summed E-state index contributed by atoms with van der Waals surface area (Å²) >= 11 is 0. The Bertz CT molecular complexity index is 781. The van der Waals surface area contributed by atoms with Gasteiger partial charge in [-0.3, -0.25) is 19.2 Å². The van der Waals surface area contributed by atoms with Gasteiger partial charge in [-0.2, -0.15) is 0 Å². The van der Waals surface area contributed by atoms with E-state index < -0.39 is 47.9 Å². The van der Waals surface area contributed by atoms with Gasteiger partial charge in [0.1, 0.15) is 23.9 Å². The van der Waals surface area contributed by atoms with Crippen LogP contribution in [0.25, 0.3) is 0 Å². The predicted molar refractivity (Wildman–Crippen MR) is 114 cm³/mol. The van der Waals surface area contributed by atoms with E-state index in [4.69, 9.17) is 10.8 Å². The number of carbonyl (C=O) groups excluding carboxylic acids is 3. The van der Waals surface area contributed by atoms with Crippen molar-refractivity contribution in [2.45, 2.75) is 64.7 Å². The first kappa shape index (κ1) is 25.9. The molecule has 1 aromatic carbocycles. The lowest BCUT2D eigenvalue weighted by molar-refractivity contribution is -0.141. The minimum atomic E-state index is -1.21. The number of carbonyl (C=O) groups is 4. The van der Waals surface area contributed by atoms with Crippen LogP contribution < -0.4 is 21.7 Å². The molecular weight excluding hydrogens is 404 g/mol. The number of aromatic hydroxyl groups is 1. The fourth-order valence-electron chi connectivity index (χ4n) is 2.75. The zero-order valence-electron chi connectivity index (χ0n) is 18.2. The van der Waals surface area contributed by atoms with Gasteiger partial charge in [0.15, 0.2) is 0 Å². The van der Waals surface area contributed by atoms with Crippen molar-refractivity contribution in [3.05, 3.63) is 29.8 Å². The second-order valence-corrected chi connectivity index (χ2v) is 7.97. The van der Waals surface area contributed by atoms with E-state index in [2.05, 4.69) is 16.0 Å². The Hall–Kier alpha value is -3.14. The molecule has 0 aromatic heterocycles. The van der Waals surface area contributed by atoms with Crippen molar-refractivity contribution in [2.75, 3.05) is 0 Å². The van der Waals surface area contributed by atoms with Gasteiger partial charge < -0.3 is 31.9 Å². The number of hydrogen-bond donors (Lipinski definition) is 6. The molecule has 10 heteroatoms. The maximum absolute atomic E-state index is 12.8. The number of benzene rings is 1. The number of hydrogen-bond acceptors (Lipinski definition) is 6. The molecule has 0 saturated carbocycles. The van der Waals surface area contributed by atoms with Gasteiger partial charge in [-0.1, -0.05) is 26.0 Å². The fourth-order valence-corrected chi connectivity index (χ4v) is 2.75. The Balaban J connectivity index is 2.91. The molecule has 1 aromatic rings. The number of nitrogens with two attached hydrogens (primary N) is 1. The lowest BCUT2D eigenvalue weighted by atomic mass is 10.0. The first-order valence-corrected chi connectivity index (χ1v) is 10.1. The minimum Gasteiger partial charge on any atom is -0.508 e. The average Bonchev–Trinajstić information content (AvgIpc) is 2.68. The Morgan fingerprint density at radius 3 is 1.94 bits per heavy atom. The molecule has 0 fully saturated rings. The number of phenolic OH excluding ortho intramolecular Hbond substituents is 1. The molecule has 0 spiro atoms. The Morgan fingerprint density at radius 2 is 1.42 bits per heavy atom. The van der Waals surface area contributed by atoms with Crippen molar-refractivity contribution < 1.29 is 29.4 Å². The van der Waals surface area contributed by atoms with Crippen LogP contribution in [-0.4, -0.2) is 58.1 Å². The van der Waals surface area contributed by atoms with E-state index in [0.717, 1.165) is 0 Å². The molecule has 31 heavy (non-hydrogen) atoms. The highest BCUT2D eigenvalue weighted by Gasteiger charge is 2.27. The van der Waals surface area contributed by atoms with Crippen molar-refractivity contribution in [1.29, 1.82) is 0 Å². The van der Waals surface area contributed by atoms with Crippen LogP contribution >= 0.6 is 0 Å². The zero-order chi connectivity index (χ0) is 23.7. The number of nitrogens with one attached hydrogen (secondary N) is 3. The molecule has 0 saturated heterocycles. The van der Waals surface area contributed by atoms with E-state index in [1.807, 2.05) is 13.8 Å². The number of carboxylic acid groups (broad SMARTS) is 1. The molecule has 0 radical (unpaired) electrons. The van der Waals surface area contributed by atoms with Crippen LogP contribution in [0.15, 0.2) is 24.3 Å². The molecule has 0 aliphatic rings. The van der Waals surface area contributed by atoms with Gasteiger partial charge in [0.25, 0.3) is 0 Å². The molecular formula is C21H32N4O6. The van der Waals surface area contributed by atoms with Crippen LogP contribution in [0.2, 0.25) is 0 Å². The molecule has 4 unspecified atom stereocenters. The van der Waals surface area contributed by atoms with Crippen molar-refractivity contribution in [3.8, 4) is 5.75 Å². The summed E-state index contributed by atoms with van der Waals surface area (Å²) in [6, 6.07) is 2.17. The first-order chi connectivity index (χ1) is 14.4. The van der Waals surface area contributed by atoms with Crippen molar-refractivity contribution in [3.63, 3.8) is 0 Å². The Kier molecular flexibility index (Phi) is 9.94. The van der Waals surface area contributed by atoms with Crippen LogP contribution in [0.3, 0.4) is 0 Å². The first-order valence-electron chi connectivity index (χ1n) is 10.1. The van der Waals surface area contributed by atoms with E-state index >= 15 is 0 Å². The van der Waals surface area contributed by atoms with Gasteiger partial charge in [0.05, 0.1) is 6.04 Å². The SMILES string of the molecule is CC(C)CC(N)C(=O)NC(Cc1ccc(O)cc1)C(=O)NC(C)C(=O)NC(C)C(=O)O. The summed E-state index contributed by atoms with van der Waals surface area (Å²) < 4.78 is 0. The molecule has 172 valence electrons. The van der Waals surface area contributed by atoms with Crippen LogP contribution in [0.4, 0.5) is 0 Å². The summed E-state index contributed by atoms with van der Waals surface area (Å²) in [6.07, 6.45) is 0.539. The molecule has 7 N–H and O–H groups in total. The maximum atomic E-state index is 12.8. The quantitative estimate of drug-likeness (QED) is 0.281. The van der Waals surface area contributed by atoms with E-state index in [0.29, 0.717) is 12.0 Å². The molecule has 0 aliphatic heterocycles. The van der Waals surface area contributed by atoms with Gasteiger partial charge in [-0.15, -0.1) is 0 Å². The van der Waals surface area contributed by atoms with Gasteiger partial charge in [0.2, 0.25) is 17.7 Å². The largest absolute Gasteiger partial charge is 0.508 e. The van der Waals surface area contributed by atoms with Crippen molar-refractivity contribution in [2.24, 2.45) is 11.7 Å². The molecule has 0 aliphatic carbocycles. The summed E-state index contributed by atoms with van der Waals surface area (Å²) in [4.78, 5) is 48.3. The molecule has 0 bridgehead atoms. The summed E-state index contributed by atoms with van der Waals surface area (Å²) in [7, 11) is 0. The van der Waals surface area contributed by atoms with Crippen molar-refractivity contribution in [1.82, 2.24) is 16.0 Å². The zero-order valence-corrected chi connectivity index (χ0v) is 18.2. The number of aliphatic carboxylic acids is 1. The predicted octanol–water partition coefficient (Wildman–Crippen LogP) is -0.113. The van der Waals surface area contributed by atoms with Crippen LogP contribution in [0, 0.1) is 5.92 Å². The highest BCUT2D eigenvalue weighted by atomic mass is 16.4. The van der Waals surface area contributed by atoms with Gasteiger partial charge in [-0.05, 0) is 43.9 Å². The monoisotopic (exact) mass is 436 g/mol. The number of phenols is 1. The van der Waals surface area contributed by atoms with E-state index in [-0.39, 0.29) is 18.1 Å². The lowest BCUT2D eigenvalue weighted by Gasteiger charge is -2.23. The fraction of sp³-hybridized carbons (Fsp3) is 0.524. The second kappa shape index (κ2) is 11.9. The molecule has 3 amide bonds. The minimum absolute atomic E-state index is 0.0607. The second-order valence-electron chi connectivity index (χ2n) is 7.97. The van der Waals surface area contributed by atoms with E-state index in [1.54, 1.807) is 12.1 Å². The Labute approximate surface area is 181 Å². The molecule has 1 rings (SSSR count). The van der Waals surface area contributed by atoms with Gasteiger partial charge in [-0.25, -0.2) is 0 Å². The highest BCUT2D eigenvalue weighted by Crippen LogP contribution is 2.12. The molecule has 0 heterocycles. The standard InChI is InChI=1S/C21H32N4O6/c1-11(2)9-16(22)19(28)25-17(10-14-5-7-15(26)8-6-14)20(29)23-12(3)18(27)24-13(4)21(30)31/h5-8,11-13,16-17,26H,9-10,22H2,1-4H3,(H,23,29)(H,24,27)(H,25,28)(H,30,31). The van der Waals surface area contributed by atoms with E-state index in [1.165, 1.54) is 26.0 Å². The average molecular weight is 437 g/mol. The van der Waals surface area contributed by atoms with Crippen LogP contribution in [-0.2, 0) is 25.6 Å². The number of carboxylic acids is 1. The van der Waals surface area contributed by atoms with Crippen LogP contribution in [0.1, 0.15) is 39.7 Å². The van der Waals surface area contributed by atoms with Gasteiger partial charge in [0, 0.05) is 6.42 Å². The molecule has 4 atom stereocenters. The maximum Gasteiger partial charge on any atom is 0.325 e. The summed E-state index contributed by atoms with van der Waals surface area (Å²) in [6.45, 7) is 6.56. The normalized spacial score (nSPS) is 14.8. The number of amides is 3. The third kappa shape index (κ3) is 9.04. The van der Waals surface area contributed by atoms with Gasteiger partial charge >= 0.3 is 5.97 Å². The van der Waals surface area contributed by atoms with Crippen LogP contribution in [0.5, 0.6) is 5.75 Å². The topological polar surface area (TPSA) is 171 Å². The van der Waals surface area contributed by atoms with Crippen molar-refractivity contribution >= 4 is 23.7 Å². The Morgan fingerprint density at radius 1 is 0.871 bits per heavy atom. The summed E-state index contributed by atoms with van der Waals surface area (Å²) in [5.41, 5.74) is 6.59. The highest BCUT2D eigenvalue weighted by molar-refractivity contribution is 5.94. The third-order valence-electron chi connectivity index (χ3n) is 4.55. The third-order valence-corrected chi connectivity index (χ3v) is 4.55. The number of rotatable bonds is 11. The molecule has 10 nitrogen and oxygen atoms in total.